The highest BCUT2D eigenvalue weighted by molar-refractivity contribution is 9.10. The molecule has 1 fully saturated rings. The Morgan fingerprint density at radius 1 is 1.00 bits per heavy atom. The molecule has 1 aliphatic heterocycles. The summed E-state index contributed by atoms with van der Waals surface area (Å²) in [5.74, 6) is 0.583. The van der Waals surface area contributed by atoms with Gasteiger partial charge in [0.05, 0.1) is 16.0 Å². The Kier molecular flexibility index (Phi) is 7.37. The Morgan fingerprint density at radius 3 is 2.39 bits per heavy atom. The maximum Gasteiger partial charge on any atom is 0.243 e. The number of hydrogen-bond acceptors (Lipinski definition) is 4. The van der Waals surface area contributed by atoms with E-state index in [9.17, 15) is 8.42 Å². The average Bonchev–Trinajstić information content (AvgIpc) is 2.73. The van der Waals surface area contributed by atoms with Crippen molar-refractivity contribution in [2.45, 2.75) is 31.1 Å². The summed E-state index contributed by atoms with van der Waals surface area (Å²) in [6, 6.07) is 15.1. The summed E-state index contributed by atoms with van der Waals surface area (Å²) >= 11 is 3.46. The summed E-state index contributed by atoms with van der Waals surface area (Å²) < 4.78 is 34.4. The lowest BCUT2D eigenvalue weighted by molar-refractivity contribution is 0.303. The Morgan fingerprint density at radius 2 is 1.71 bits per heavy atom. The lowest BCUT2D eigenvalue weighted by Crippen LogP contribution is -2.48. The van der Waals surface area contributed by atoms with Crippen LogP contribution in [0.1, 0.15) is 26.2 Å². The highest BCUT2D eigenvalue weighted by atomic mass is 79.9. The van der Waals surface area contributed by atoms with Gasteiger partial charge < -0.3 is 9.64 Å². The smallest absolute Gasteiger partial charge is 0.243 e. The molecule has 0 radical (unpaired) electrons. The summed E-state index contributed by atoms with van der Waals surface area (Å²) in [4.78, 5) is 2.50. The van der Waals surface area contributed by atoms with Crippen LogP contribution in [0.25, 0.3) is 0 Å². The number of halogens is 1. The molecule has 28 heavy (non-hydrogen) atoms. The molecule has 0 N–H and O–H groups in total. The molecule has 152 valence electrons. The fourth-order valence-electron chi connectivity index (χ4n) is 3.26. The summed E-state index contributed by atoms with van der Waals surface area (Å²) in [6.45, 7) is 5.03. The number of piperazine rings is 1. The van der Waals surface area contributed by atoms with E-state index in [1.807, 2.05) is 18.2 Å². The first-order valence-electron chi connectivity index (χ1n) is 9.75. The molecule has 2 aromatic carbocycles. The molecule has 0 bridgehead atoms. The van der Waals surface area contributed by atoms with Gasteiger partial charge in [-0.25, -0.2) is 8.42 Å². The number of sulfonamides is 1. The summed E-state index contributed by atoms with van der Waals surface area (Å²) in [5, 5.41) is 0. The number of benzene rings is 2. The molecule has 0 unspecified atom stereocenters. The summed E-state index contributed by atoms with van der Waals surface area (Å²) in [6.07, 6.45) is 3.18. The predicted octanol–water partition coefficient (Wildman–Crippen LogP) is 4.53. The van der Waals surface area contributed by atoms with E-state index in [0.29, 0.717) is 38.5 Å². The quantitative estimate of drug-likeness (QED) is 0.536. The number of unbranched alkanes of at least 4 members (excludes halogenated alkanes) is 2. The number of rotatable bonds is 8. The minimum absolute atomic E-state index is 0.286. The number of nitrogens with zero attached hydrogens (tertiary/aromatic N) is 2. The van der Waals surface area contributed by atoms with Crippen LogP contribution in [-0.2, 0) is 10.0 Å². The number of hydrogen-bond donors (Lipinski definition) is 0. The minimum Gasteiger partial charge on any atom is -0.492 e. The molecule has 0 amide bonds. The van der Waals surface area contributed by atoms with E-state index in [0.717, 1.165) is 29.4 Å². The molecule has 0 saturated carbocycles. The molecule has 2 aromatic rings. The fourth-order valence-corrected chi connectivity index (χ4v) is 5.06. The van der Waals surface area contributed by atoms with Crippen LogP contribution in [0.5, 0.6) is 5.75 Å². The van der Waals surface area contributed by atoms with Crippen LogP contribution in [0.2, 0.25) is 0 Å². The Bertz CT molecular complexity index is 866. The Balaban J connectivity index is 1.67. The molecule has 0 aliphatic carbocycles. The summed E-state index contributed by atoms with van der Waals surface area (Å²) in [7, 11) is -3.54. The molecule has 1 aliphatic rings. The average molecular weight is 467 g/mol. The molecule has 3 rings (SSSR count). The molecule has 0 spiro atoms. The van der Waals surface area contributed by atoms with Crippen molar-refractivity contribution in [1.82, 2.24) is 4.31 Å². The minimum atomic E-state index is -3.54. The molecular formula is C21H27BrN2O3S. The Hall–Kier alpha value is -1.57. The van der Waals surface area contributed by atoms with E-state index in [-0.39, 0.29) is 4.90 Å². The van der Waals surface area contributed by atoms with Crippen LogP contribution in [0.4, 0.5) is 5.69 Å². The van der Waals surface area contributed by atoms with Crippen molar-refractivity contribution in [3.8, 4) is 5.75 Å². The largest absolute Gasteiger partial charge is 0.492 e. The van der Waals surface area contributed by atoms with Gasteiger partial charge >= 0.3 is 0 Å². The maximum atomic E-state index is 13.1. The van der Waals surface area contributed by atoms with Crippen LogP contribution in [0.15, 0.2) is 57.9 Å². The fraction of sp³-hybridized carbons (Fsp3) is 0.429. The second kappa shape index (κ2) is 9.76. The van der Waals surface area contributed by atoms with E-state index in [4.69, 9.17) is 4.74 Å². The maximum absolute atomic E-state index is 13.1. The first kappa shape index (κ1) is 21.1. The normalized spacial score (nSPS) is 15.6. The third-order valence-electron chi connectivity index (χ3n) is 4.91. The van der Waals surface area contributed by atoms with Gasteiger partial charge in [0.2, 0.25) is 10.0 Å². The number of para-hydroxylation sites is 1. The van der Waals surface area contributed by atoms with Gasteiger partial charge in [0.15, 0.2) is 0 Å². The molecule has 7 heteroatoms. The third-order valence-corrected chi connectivity index (χ3v) is 7.46. The monoisotopic (exact) mass is 466 g/mol. The summed E-state index contributed by atoms with van der Waals surface area (Å²) in [5.41, 5.74) is 1.13. The molecule has 5 nitrogen and oxygen atoms in total. The van der Waals surface area contributed by atoms with E-state index >= 15 is 0 Å². The third kappa shape index (κ3) is 5.07. The second-order valence-electron chi connectivity index (χ2n) is 6.87. The molecule has 1 saturated heterocycles. The second-order valence-corrected chi connectivity index (χ2v) is 9.67. The zero-order valence-corrected chi connectivity index (χ0v) is 18.6. The van der Waals surface area contributed by atoms with E-state index < -0.39 is 10.0 Å². The van der Waals surface area contributed by atoms with Crippen molar-refractivity contribution in [2.24, 2.45) is 0 Å². The molecule has 1 heterocycles. The molecule has 0 atom stereocenters. The standard InChI is InChI=1S/C21H27BrN2O3S/c1-2-3-7-16-27-21-17-19(10-11-20(21)22)28(25,26)24-14-12-23(13-15-24)18-8-5-4-6-9-18/h4-6,8-11,17H,2-3,7,12-16H2,1H3. The van der Waals surface area contributed by atoms with Gasteiger partial charge in [-0.2, -0.15) is 4.31 Å². The van der Waals surface area contributed by atoms with E-state index in [2.05, 4.69) is 39.9 Å². The van der Waals surface area contributed by atoms with Crippen molar-refractivity contribution < 1.29 is 13.2 Å². The van der Waals surface area contributed by atoms with Crippen LogP contribution in [0, 0.1) is 0 Å². The van der Waals surface area contributed by atoms with Crippen molar-refractivity contribution in [2.75, 3.05) is 37.7 Å². The van der Waals surface area contributed by atoms with Crippen LogP contribution >= 0.6 is 15.9 Å². The predicted molar refractivity (Wildman–Crippen MR) is 117 cm³/mol. The van der Waals surface area contributed by atoms with Gasteiger partial charge in [-0.3, -0.25) is 0 Å². The topological polar surface area (TPSA) is 49.9 Å². The van der Waals surface area contributed by atoms with Crippen LogP contribution in [0.3, 0.4) is 0 Å². The van der Waals surface area contributed by atoms with Gasteiger partial charge in [0.25, 0.3) is 0 Å². The van der Waals surface area contributed by atoms with Gasteiger partial charge in [-0.05, 0) is 46.6 Å². The van der Waals surface area contributed by atoms with Gasteiger partial charge in [-0.15, -0.1) is 0 Å². The number of ether oxygens (including phenoxy) is 1. The lowest BCUT2D eigenvalue weighted by Gasteiger charge is -2.35. The zero-order chi connectivity index (χ0) is 20.0. The van der Waals surface area contributed by atoms with E-state index in [1.165, 1.54) is 0 Å². The van der Waals surface area contributed by atoms with E-state index in [1.54, 1.807) is 22.5 Å². The van der Waals surface area contributed by atoms with Gasteiger partial charge in [-0.1, -0.05) is 38.0 Å². The van der Waals surface area contributed by atoms with Crippen LogP contribution in [-0.4, -0.2) is 45.5 Å². The van der Waals surface area contributed by atoms with Crippen LogP contribution < -0.4 is 9.64 Å². The molecular weight excluding hydrogens is 440 g/mol. The first-order chi connectivity index (χ1) is 13.5. The van der Waals surface area contributed by atoms with Crippen molar-refractivity contribution in [3.05, 3.63) is 53.0 Å². The van der Waals surface area contributed by atoms with Crippen molar-refractivity contribution >= 4 is 31.6 Å². The molecule has 0 aromatic heterocycles. The van der Waals surface area contributed by atoms with Crippen molar-refractivity contribution in [1.29, 1.82) is 0 Å². The van der Waals surface area contributed by atoms with Crippen molar-refractivity contribution in [3.63, 3.8) is 0 Å². The highest BCUT2D eigenvalue weighted by Crippen LogP contribution is 2.30. The van der Waals surface area contributed by atoms with Gasteiger partial charge in [0, 0.05) is 37.9 Å². The zero-order valence-electron chi connectivity index (χ0n) is 16.2. The lowest BCUT2D eigenvalue weighted by atomic mass is 10.2. The Labute approximate surface area is 176 Å². The number of anilines is 1. The van der Waals surface area contributed by atoms with Gasteiger partial charge in [0.1, 0.15) is 5.75 Å². The first-order valence-corrected chi connectivity index (χ1v) is 12.0. The SMILES string of the molecule is CCCCCOc1cc(S(=O)(=O)N2CCN(c3ccccc3)CC2)ccc1Br. The highest BCUT2D eigenvalue weighted by Gasteiger charge is 2.29.